The fraction of sp³-hybridized carbons (Fsp3) is 0. The van der Waals surface area contributed by atoms with E-state index in [1.807, 2.05) is 0 Å². The van der Waals surface area contributed by atoms with Crippen molar-refractivity contribution >= 4 is 0 Å². The Morgan fingerprint density at radius 1 is 0.778 bits per heavy atom. The maximum absolute atomic E-state index is 3.42. The summed E-state index contributed by atoms with van der Waals surface area (Å²) in [4.78, 5) is 0. The van der Waals surface area contributed by atoms with Crippen molar-refractivity contribution in [2.24, 2.45) is 0 Å². The summed E-state index contributed by atoms with van der Waals surface area (Å²) in [5.74, 6) is 0. The molecule has 0 fully saturated rings. The van der Waals surface area contributed by atoms with Crippen LogP contribution < -0.4 is 0 Å². The SMILES string of the molecule is O.O.O.c1cnnnc1. The van der Waals surface area contributed by atoms with Crippen LogP contribution in [0.4, 0.5) is 0 Å². The zero-order valence-corrected chi connectivity index (χ0v) is 4.57. The monoisotopic (exact) mass is 135 g/mol. The van der Waals surface area contributed by atoms with Crippen molar-refractivity contribution < 1.29 is 16.4 Å². The van der Waals surface area contributed by atoms with Gasteiger partial charge in [0, 0.05) is 0 Å². The van der Waals surface area contributed by atoms with Gasteiger partial charge in [-0.05, 0) is 11.3 Å². The third-order valence-corrected chi connectivity index (χ3v) is 0.409. The van der Waals surface area contributed by atoms with Crippen LogP contribution in [0.2, 0.25) is 0 Å². The molecule has 1 aromatic heterocycles. The Morgan fingerprint density at radius 2 is 1.22 bits per heavy atom. The maximum Gasteiger partial charge on any atom is 0.0529 e. The Bertz CT molecular complexity index is 86.2. The molecule has 6 nitrogen and oxygen atoms in total. The van der Waals surface area contributed by atoms with E-state index in [9.17, 15) is 0 Å². The molecule has 0 radical (unpaired) electrons. The molecule has 0 aromatic carbocycles. The molecule has 1 aromatic rings. The molecule has 9 heavy (non-hydrogen) atoms. The second kappa shape index (κ2) is 10.00. The van der Waals surface area contributed by atoms with Crippen LogP contribution in [0.3, 0.4) is 0 Å². The van der Waals surface area contributed by atoms with Gasteiger partial charge in [-0.3, -0.25) is 0 Å². The van der Waals surface area contributed by atoms with E-state index in [0.29, 0.717) is 0 Å². The van der Waals surface area contributed by atoms with Crippen molar-refractivity contribution in [3.63, 3.8) is 0 Å². The molecule has 54 valence electrons. The fourth-order valence-corrected chi connectivity index (χ4v) is 0.205. The van der Waals surface area contributed by atoms with E-state index < -0.39 is 0 Å². The zero-order valence-electron chi connectivity index (χ0n) is 4.57. The molecule has 1 heterocycles. The number of aromatic nitrogens is 3. The average molecular weight is 135 g/mol. The average Bonchev–Trinajstić information content (AvgIpc) is 1.72. The molecular weight excluding hydrogens is 126 g/mol. The number of hydrogen-bond donors (Lipinski definition) is 0. The highest BCUT2D eigenvalue weighted by atomic mass is 16.0. The summed E-state index contributed by atoms with van der Waals surface area (Å²) in [5.41, 5.74) is 0. The lowest BCUT2D eigenvalue weighted by Crippen LogP contribution is -1.78. The molecule has 1 rings (SSSR count). The molecule has 0 unspecified atom stereocenters. The van der Waals surface area contributed by atoms with E-state index in [-0.39, 0.29) is 16.4 Å². The Balaban J connectivity index is -0.000000120. The van der Waals surface area contributed by atoms with Crippen LogP contribution in [-0.2, 0) is 0 Å². The summed E-state index contributed by atoms with van der Waals surface area (Å²) >= 11 is 0. The van der Waals surface area contributed by atoms with Crippen LogP contribution in [0.1, 0.15) is 0 Å². The summed E-state index contributed by atoms with van der Waals surface area (Å²) in [5, 5.41) is 10.1. The molecular formula is C3H9N3O3. The molecule has 0 bridgehead atoms. The van der Waals surface area contributed by atoms with Gasteiger partial charge in [-0.2, -0.15) is 0 Å². The largest absolute Gasteiger partial charge is 0.412 e. The predicted octanol–water partition coefficient (Wildman–Crippen LogP) is -2.60. The molecule has 0 saturated carbocycles. The topological polar surface area (TPSA) is 133 Å². The lowest BCUT2D eigenvalue weighted by atomic mass is 10.7. The zero-order chi connectivity index (χ0) is 4.24. The number of hydrogen-bond acceptors (Lipinski definition) is 3. The molecule has 0 aliphatic heterocycles. The maximum atomic E-state index is 3.42. The van der Waals surface area contributed by atoms with Crippen molar-refractivity contribution in [3.8, 4) is 0 Å². The third-order valence-electron chi connectivity index (χ3n) is 0.409. The molecule has 6 N–H and O–H groups in total. The van der Waals surface area contributed by atoms with Crippen molar-refractivity contribution in [2.45, 2.75) is 0 Å². The first-order chi connectivity index (χ1) is 3.00. The highest BCUT2D eigenvalue weighted by molar-refractivity contribution is 4.69. The molecule has 0 aliphatic carbocycles. The van der Waals surface area contributed by atoms with Gasteiger partial charge in [0.15, 0.2) is 0 Å². The first-order valence-electron chi connectivity index (χ1n) is 1.58. The third kappa shape index (κ3) is 6.89. The Morgan fingerprint density at radius 3 is 1.33 bits per heavy atom. The normalized spacial score (nSPS) is 5.33. The molecule has 0 aliphatic rings. The highest BCUT2D eigenvalue weighted by Crippen LogP contribution is 1.61. The number of nitrogens with zero attached hydrogens (tertiary/aromatic N) is 3. The smallest absolute Gasteiger partial charge is 0.0529 e. The van der Waals surface area contributed by atoms with Gasteiger partial charge < -0.3 is 16.4 Å². The van der Waals surface area contributed by atoms with Crippen LogP contribution in [0, 0.1) is 0 Å². The molecule has 6 heteroatoms. The van der Waals surface area contributed by atoms with Gasteiger partial charge in [0.2, 0.25) is 0 Å². The molecule has 0 atom stereocenters. The minimum Gasteiger partial charge on any atom is -0.412 e. The van der Waals surface area contributed by atoms with Crippen LogP contribution >= 0.6 is 0 Å². The summed E-state index contributed by atoms with van der Waals surface area (Å²) in [6.45, 7) is 0. The van der Waals surface area contributed by atoms with Crippen molar-refractivity contribution in [3.05, 3.63) is 18.5 Å². The fourth-order valence-electron chi connectivity index (χ4n) is 0.205. The Kier molecular flexibility index (Phi) is 17.4. The summed E-state index contributed by atoms with van der Waals surface area (Å²) < 4.78 is 0. The molecule has 0 spiro atoms. The molecule has 0 amide bonds. The van der Waals surface area contributed by atoms with E-state index in [0.717, 1.165) is 0 Å². The van der Waals surface area contributed by atoms with Crippen LogP contribution in [0.25, 0.3) is 0 Å². The predicted molar refractivity (Wildman–Crippen MR) is 30.7 cm³/mol. The van der Waals surface area contributed by atoms with E-state index in [4.69, 9.17) is 0 Å². The van der Waals surface area contributed by atoms with E-state index in [1.165, 1.54) is 0 Å². The van der Waals surface area contributed by atoms with Gasteiger partial charge in [-0.15, -0.1) is 10.2 Å². The first-order valence-corrected chi connectivity index (χ1v) is 1.58. The Labute approximate surface area is 51.5 Å². The van der Waals surface area contributed by atoms with Crippen LogP contribution in [0.15, 0.2) is 18.5 Å². The van der Waals surface area contributed by atoms with E-state index in [2.05, 4.69) is 15.4 Å². The second-order valence-corrected chi connectivity index (χ2v) is 0.811. The summed E-state index contributed by atoms with van der Waals surface area (Å²) in [6.07, 6.45) is 3.15. The summed E-state index contributed by atoms with van der Waals surface area (Å²) in [7, 11) is 0. The van der Waals surface area contributed by atoms with E-state index >= 15 is 0 Å². The van der Waals surface area contributed by atoms with Gasteiger partial charge in [0.1, 0.15) is 0 Å². The summed E-state index contributed by atoms with van der Waals surface area (Å²) in [6, 6.07) is 1.72. The second-order valence-electron chi connectivity index (χ2n) is 0.811. The van der Waals surface area contributed by atoms with Gasteiger partial charge >= 0.3 is 0 Å². The van der Waals surface area contributed by atoms with Crippen LogP contribution in [0.5, 0.6) is 0 Å². The minimum absolute atomic E-state index is 0. The van der Waals surface area contributed by atoms with Crippen molar-refractivity contribution in [1.29, 1.82) is 0 Å². The lowest BCUT2D eigenvalue weighted by Gasteiger charge is -1.68. The highest BCUT2D eigenvalue weighted by Gasteiger charge is 1.60. The van der Waals surface area contributed by atoms with Gasteiger partial charge in [-0.25, -0.2) is 0 Å². The minimum atomic E-state index is 0. The number of rotatable bonds is 0. The molecule has 0 saturated heterocycles. The first kappa shape index (κ1) is 15.7. The quantitative estimate of drug-likeness (QED) is 0.386. The van der Waals surface area contributed by atoms with Crippen molar-refractivity contribution in [1.82, 2.24) is 15.4 Å². The standard InChI is InChI=1S/C3H3N3.3H2O/c1-2-4-6-5-3-1;;;/h1-3H;3*1H2. The van der Waals surface area contributed by atoms with E-state index in [1.54, 1.807) is 18.5 Å². The Hall–Kier alpha value is -1.11. The van der Waals surface area contributed by atoms with Crippen molar-refractivity contribution in [2.75, 3.05) is 0 Å². The van der Waals surface area contributed by atoms with Gasteiger partial charge in [-0.1, -0.05) is 0 Å². The van der Waals surface area contributed by atoms with Gasteiger partial charge in [0.25, 0.3) is 0 Å². The van der Waals surface area contributed by atoms with Gasteiger partial charge in [0.05, 0.1) is 12.4 Å². The lowest BCUT2D eigenvalue weighted by molar-refractivity contribution is 0.823. The van der Waals surface area contributed by atoms with Crippen LogP contribution in [-0.4, -0.2) is 31.8 Å².